The van der Waals surface area contributed by atoms with Gasteiger partial charge in [-0.15, -0.1) is 0 Å². The molecule has 1 atom stereocenters. The Morgan fingerprint density at radius 3 is 2.38 bits per heavy atom. The number of aliphatic hydroxyl groups excluding tert-OH is 1. The van der Waals surface area contributed by atoms with E-state index in [2.05, 4.69) is 4.90 Å². The number of nitrogens with zero attached hydrogens (tertiary/aromatic N) is 2. The molecular weight excluding hydrogens is 208 g/mol. The molecule has 2 aliphatic rings. The van der Waals surface area contributed by atoms with Gasteiger partial charge >= 0.3 is 6.09 Å². The predicted octanol–water partition coefficient (Wildman–Crippen LogP) is 0.586. The largest absolute Gasteiger partial charge is 0.465 e. The van der Waals surface area contributed by atoms with Crippen LogP contribution in [0, 0.1) is 0 Å². The summed E-state index contributed by atoms with van der Waals surface area (Å²) in [5.74, 6) is 0. The molecule has 16 heavy (non-hydrogen) atoms. The number of β-amino-alcohol motifs (C(OH)–C–C–N with tert-alkyl or cyclic N) is 1. The average molecular weight is 228 g/mol. The van der Waals surface area contributed by atoms with Gasteiger partial charge in [0.05, 0.1) is 6.10 Å². The van der Waals surface area contributed by atoms with Crippen molar-refractivity contribution < 1.29 is 15.0 Å². The fraction of sp³-hybridized carbons (Fsp3) is 0.909. The second-order valence-corrected chi connectivity index (χ2v) is 4.79. The van der Waals surface area contributed by atoms with Gasteiger partial charge in [-0.2, -0.15) is 0 Å². The smallest absolute Gasteiger partial charge is 0.407 e. The summed E-state index contributed by atoms with van der Waals surface area (Å²) in [6.45, 7) is 3.08. The number of likely N-dealkylation sites (tertiary alicyclic amines) is 2. The average Bonchev–Trinajstić information content (AvgIpc) is 2.29. The molecule has 1 amide bonds. The van der Waals surface area contributed by atoms with E-state index in [1.54, 1.807) is 0 Å². The first-order valence-corrected chi connectivity index (χ1v) is 6.07. The van der Waals surface area contributed by atoms with E-state index in [4.69, 9.17) is 5.11 Å². The van der Waals surface area contributed by atoms with Crippen LogP contribution in [0.25, 0.3) is 0 Å². The first-order valence-electron chi connectivity index (χ1n) is 6.07. The molecule has 0 unspecified atom stereocenters. The lowest BCUT2D eigenvalue weighted by atomic mass is 9.99. The highest BCUT2D eigenvalue weighted by Crippen LogP contribution is 2.20. The highest BCUT2D eigenvalue weighted by atomic mass is 16.4. The molecule has 2 aliphatic heterocycles. The van der Waals surface area contributed by atoms with Crippen molar-refractivity contribution in [1.29, 1.82) is 0 Å². The van der Waals surface area contributed by atoms with Gasteiger partial charge in [-0.25, -0.2) is 4.79 Å². The molecule has 0 spiro atoms. The molecule has 2 fully saturated rings. The van der Waals surface area contributed by atoms with Crippen LogP contribution in [0.3, 0.4) is 0 Å². The Bertz CT molecular complexity index is 252. The Hall–Kier alpha value is -0.810. The maximum atomic E-state index is 10.8. The van der Waals surface area contributed by atoms with Crippen molar-refractivity contribution in [1.82, 2.24) is 9.80 Å². The number of hydrogen-bond donors (Lipinski definition) is 2. The second-order valence-electron chi connectivity index (χ2n) is 4.79. The van der Waals surface area contributed by atoms with Crippen LogP contribution in [0.5, 0.6) is 0 Å². The summed E-state index contributed by atoms with van der Waals surface area (Å²) in [6.07, 6.45) is 2.77. The van der Waals surface area contributed by atoms with E-state index in [9.17, 15) is 9.90 Å². The summed E-state index contributed by atoms with van der Waals surface area (Å²) in [6, 6.07) is 0.463. The molecule has 2 rings (SSSR count). The minimum absolute atomic E-state index is 0.189. The lowest BCUT2D eigenvalue weighted by Gasteiger charge is -2.40. The zero-order valence-electron chi connectivity index (χ0n) is 9.51. The summed E-state index contributed by atoms with van der Waals surface area (Å²) in [5, 5.41) is 18.5. The van der Waals surface area contributed by atoms with Crippen LogP contribution in [0.4, 0.5) is 4.79 Å². The van der Waals surface area contributed by atoms with Crippen molar-refractivity contribution in [2.75, 3.05) is 26.2 Å². The van der Waals surface area contributed by atoms with E-state index in [0.717, 1.165) is 38.8 Å². The number of amides is 1. The molecule has 0 saturated carbocycles. The maximum absolute atomic E-state index is 10.8. The van der Waals surface area contributed by atoms with E-state index < -0.39 is 6.09 Å². The fourth-order valence-corrected chi connectivity index (χ4v) is 2.74. The molecule has 2 heterocycles. The van der Waals surface area contributed by atoms with Crippen molar-refractivity contribution in [2.45, 2.75) is 37.8 Å². The third kappa shape index (κ3) is 2.65. The van der Waals surface area contributed by atoms with Crippen molar-refractivity contribution in [3.8, 4) is 0 Å². The predicted molar refractivity (Wildman–Crippen MR) is 59.4 cm³/mol. The topological polar surface area (TPSA) is 64.0 Å². The molecule has 0 bridgehead atoms. The summed E-state index contributed by atoms with van der Waals surface area (Å²) in [7, 11) is 0. The molecule has 2 N–H and O–H groups in total. The van der Waals surface area contributed by atoms with Crippen LogP contribution in [0.2, 0.25) is 0 Å². The number of hydrogen-bond acceptors (Lipinski definition) is 3. The molecular formula is C11H20N2O3. The van der Waals surface area contributed by atoms with Gasteiger partial charge in [-0.1, -0.05) is 0 Å². The van der Waals surface area contributed by atoms with Crippen LogP contribution in [-0.2, 0) is 0 Å². The molecule has 0 aromatic heterocycles. The van der Waals surface area contributed by atoms with E-state index in [1.165, 1.54) is 4.90 Å². The van der Waals surface area contributed by atoms with Gasteiger partial charge in [0.15, 0.2) is 0 Å². The zero-order chi connectivity index (χ0) is 11.5. The van der Waals surface area contributed by atoms with Gasteiger partial charge in [-0.05, 0) is 32.2 Å². The first kappa shape index (κ1) is 11.7. The van der Waals surface area contributed by atoms with E-state index in [-0.39, 0.29) is 6.10 Å². The van der Waals surface area contributed by atoms with E-state index in [0.29, 0.717) is 19.1 Å². The Morgan fingerprint density at radius 2 is 1.81 bits per heavy atom. The minimum atomic E-state index is -0.808. The molecule has 2 saturated heterocycles. The Balaban J connectivity index is 1.81. The van der Waals surface area contributed by atoms with E-state index >= 15 is 0 Å². The fourth-order valence-electron chi connectivity index (χ4n) is 2.74. The molecule has 0 aliphatic carbocycles. The van der Waals surface area contributed by atoms with Crippen LogP contribution >= 0.6 is 0 Å². The third-order valence-electron chi connectivity index (χ3n) is 3.68. The SMILES string of the molecule is O=C(O)N1CCC(N2CCC[C@@H](O)C2)CC1. The van der Waals surface area contributed by atoms with Crippen molar-refractivity contribution in [3.05, 3.63) is 0 Å². The summed E-state index contributed by atoms with van der Waals surface area (Å²) >= 11 is 0. The highest BCUT2D eigenvalue weighted by Gasteiger charge is 2.29. The quantitative estimate of drug-likeness (QED) is 0.689. The third-order valence-corrected chi connectivity index (χ3v) is 3.68. The van der Waals surface area contributed by atoms with Gasteiger partial charge in [0.2, 0.25) is 0 Å². The number of carbonyl (C=O) groups is 1. The molecule has 0 aromatic carbocycles. The number of rotatable bonds is 1. The zero-order valence-corrected chi connectivity index (χ0v) is 9.51. The van der Waals surface area contributed by atoms with Gasteiger partial charge in [0.1, 0.15) is 0 Å². The minimum Gasteiger partial charge on any atom is -0.465 e. The maximum Gasteiger partial charge on any atom is 0.407 e. The van der Waals surface area contributed by atoms with E-state index in [1.807, 2.05) is 0 Å². The van der Waals surface area contributed by atoms with Crippen molar-refractivity contribution in [2.24, 2.45) is 0 Å². The highest BCUT2D eigenvalue weighted by molar-refractivity contribution is 5.65. The van der Waals surface area contributed by atoms with Gasteiger partial charge in [0, 0.05) is 25.7 Å². The molecule has 92 valence electrons. The van der Waals surface area contributed by atoms with Gasteiger partial charge < -0.3 is 15.1 Å². The normalized spacial score (nSPS) is 29.3. The molecule has 0 aromatic rings. The van der Waals surface area contributed by atoms with Gasteiger partial charge in [-0.3, -0.25) is 4.90 Å². The van der Waals surface area contributed by atoms with Crippen molar-refractivity contribution >= 4 is 6.09 Å². The van der Waals surface area contributed by atoms with Crippen LogP contribution in [0.1, 0.15) is 25.7 Å². The standard InChI is InChI=1S/C11H20N2O3/c14-10-2-1-5-13(8-10)9-3-6-12(7-4-9)11(15)16/h9-10,14H,1-8H2,(H,15,16)/t10-/m1/s1. The Labute approximate surface area is 95.6 Å². The van der Waals surface area contributed by atoms with Crippen LogP contribution in [0.15, 0.2) is 0 Å². The summed E-state index contributed by atoms with van der Waals surface area (Å²) in [4.78, 5) is 14.6. The summed E-state index contributed by atoms with van der Waals surface area (Å²) in [5.41, 5.74) is 0. The number of piperidine rings is 2. The molecule has 5 nitrogen and oxygen atoms in total. The Morgan fingerprint density at radius 1 is 1.12 bits per heavy atom. The second kappa shape index (κ2) is 5.01. The van der Waals surface area contributed by atoms with Crippen molar-refractivity contribution in [3.63, 3.8) is 0 Å². The molecule has 5 heteroatoms. The monoisotopic (exact) mass is 228 g/mol. The Kier molecular flexibility index (Phi) is 3.66. The van der Waals surface area contributed by atoms with Crippen LogP contribution in [-0.4, -0.2) is 64.4 Å². The van der Waals surface area contributed by atoms with Crippen LogP contribution < -0.4 is 0 Å². The molecule has 0 radical (unpaired) electrons. The number of carboxylic acid groups (broad SMARTS) is 1. The number of aliphatic hydroxyl groups is 1. The lowest BCUT2D eigenvalue weighted by molar-refractivity contribution is 0.0261. The first-order chi connectivity index (χ1) is 7.66. The summed E-state index contributed by atoms with van der Waals surface area (Å²) < 4.78 is 0. The lowest BCUT2D eigenvalue weighted by Crippen LogP contribution is -2.50. The van der Waals surface area contributed by atoms with Gasteiger partial charge in [0.25, 0.3) is 0 Å².